The number of amides is 3. The van der Waals surface area contributed by atoms with Gasteiger partial charge in [-0.05, 0) is 30.7 Å². The van der Waals surface area contributed by atoms with Crippen LogP contribution in [0.25, 0.3) is 11.4 Å². The van der Waals surface area contributed by atoms with E-state index in [0.717, 1.165) is 37.2 Å². The Bertz CT molecular complexity index is 823. The van der Waals surface area contributed by atoms with Gasteiger partial charge in [0, 0.05) is 23.7 Å². The number of thioether (sulfide) groups is 1. The lowest BCUT2D eigenvalue weighted by molar-refractivity contribution is -0.117. The molecule has 7 nitrogen and oxygen atoms in total. The molecule has 0 saturated carbocycles. The molecule has 2 N–H and O–H groups in total. The summed E-state index contributed by atoms with van der Waals surface area (Å²) in [6.45, 7) is 6.73. The maximum atomic E-state index is 12.0. The Kier molecular flexibility index (Phi) is 9.73. The minimum atomic E-state index is -0.543. The van der Waals surface area contributed by atoms with Crippen molar-refractivity contribution >= 4 is 35.3 Å². The number of carbonyl (C=O) groups is 2. The number of rotatable bonds is 11. The Morgan fingerprint density at radius 2 is 1.97 bits per heavy atom. The number of nitrogens with zero attached hydrogens (tertiary/aromatic N) is 3. The van der Waals surface area contributed by atoms with Crippen molar-refractivity contribution in [3.8, 4) is 11.4 Å². The third-order valence-electron chi connectivity index (χ3n) is 4.05. The van der Waals surface area contributed by atoms with Gasteiger partial charge in [0.25, 0.3) is 0 Å². The van der Waals surface area contributed by atoms with Crippen molar-refractivity contribution < 1.29 is 9.59 Å². The molecule has 0 aliphatic rings. The first kappa shape index (κ1) is 23.0. The number of halogens is 1. The molecule has 0 spiro atoms. The van der Waals surface area contributed by atoms with Gasteiger partial charge in [-0.3, -0.25) is 10.1 Å². The van der Waals surface area contributed by atoms with E-state index in [-0.39, 0.29) is 5.75 Å². The predicted molar refractivity (Wildman–Crippen MR) is 117 cm³/mol. The summed E-state index contributed by atoms with van der Waals surface area (Å²) in [6.07, 6.45) is 5.97. The molecule has 9 heteroatoms. The minimum absolute atomic E-state index is 0.0647. The summed E-state index contributed by atoms with van der Waals surface area (Å²) in [5.74, 6) is 0.407. The summed E-state index contributed by atoms with van der Waals surface area (Å²) >= 11 is 7.25. The van der Waals surface area contributed by atoms with Crippen molar-refractivity contribution in [3.05, 3.63) is 41.9 Å². The third kappa shape index (κ3) is 7.55. The Morgan fingerprint density at radius 3 is 2.66 bits per heavy atom. The van der Waals surface area contributed by atoms with E-state index in [1.165, 1.54) is 24.3 Å². The summed E-state index contributed by atoms with van der Waals surface area (Å²) in [7, 11) is 0. The average Bonchev–Trinajstić information content (AvgIpc) is 3.11. The fourth-order valence-electron chi connectivity index (χ4n) is 2.61. The van der Waals surface area contributed by atoms with Gasteiger partial charge in [0.05, 0.1) is 5.75 Å². The first-order valence-corrected chi connectivity index (χ1v) is 10.9. The average molecular weight is 436 g/mol. The van der Waals surface area contributed by atoms with E-state index < -0.39 is 11.9 Å². The fraction of sp³-hybridized carbons (Fsp3) is 0.400. The van der Waals surface area contributed by atoms with E-state index in [0.29, 0.717) is 16.7 Å². The molecule has 0 atom stereocenters. The number of urea groups is 1. The van der Waals surface area contributed by atoms with Crippen LogP contribution in [-0.4, -0.2) is 39.0 Å². The quantitative estimate of drug-likeness (QED) is 0.312. The highest BCUT2D eigenvalue weighted by Crippen LogP contribution is 2.25. The van der Waals surface area contributed by atoms with Gasteiger partial charge in [-0.15, -0.1) is 16.8 Å². The highest BCUT2D eigenvalue weighted by Gasteiger charge is 2.16. The molecule has 0 aliphatic carbocycles. The first-order valence-electron chi connectivity index (χ1n) is 9.55. The van der Waals surface area contributed by atoms with Crippen LogP contribution < -0.4 is 10.6 Å². The van der Waals surface area contributed by atoms with E-state index in [1.807, 2.05) is 28.8 Å². The van der Waals surface area contributed by atoms with Crippen molar-refractivity contribution in [2.45, 2.75) is 44.3 Å². The lowest BCUT2D eigenvalue weighted by Gasteiger charge is -2.10. The maximum absolute atomic E-state index is 12.0. The fourth-order valence-corrected chi connectivity index (χ4v) is 3.50. The van der Waals surface area contributed by atoms with Crippen molar-refractivity contribution in [2.75, 3.05) is 12.3 Å². The Morgan fingerprint density at radius 1 is 1.21 bits per heavy atom. The second-order valence-corrected chi connectivity index (χ2v) is 7.74. The van der Waals surface area contributed by atoms with Crippen LogP contribution in [0.4, 0.5) is 4.79 Å². The van der Waals surface area contributed by atoms with Gasteiger partial charge in [-0.25, -0.2) is 4.79 Å². The second kappa shape index (κ2) is 12.3. The molecule has 0 aliphatic heterocycles. The summed E-state index contributed by atoms with van der Waals surface area (Å²) in [5.41, 5.74) is 0.914. The van der Waals surface area contributed by atoms with Crippen molar-refractivity contribution in [3.63, 3.8) is 0 Å². The van der Waals surface area contributed by atoms with Crippen LogP contribution in [0.15, 0.2) is 42.1 Å². The molecule has 2 rings (SSSR count). The van der Waals surface area contributed by atoms with E-state index >= 15 is 0 Å². The van der Waals surface area contributed by atoms with Gasteiger partial charge >= 0.3 is 6.03 Å². The van der Waals surface area contributed by atoms with Gasteiger partial charge < -0.3 is 9.88 Å². The number of unbranched alkanes of at least 4 members (excludes halogenated alkanes) is 3. The van der Waals surface area contributed by atoms with E-state index in [9.17, 15) is 9.59 Å². The largest absolute Gasteiger partial charge is 0.334 e. The molecule has 0 unspecified atom stereocenters. The van der Waals surface area contributed by atoms with Crippen LogP contribution in [0.5, 0.6) is 0 Å². The number of hydrogen-bond acceptors (Lipinski definition) is 5. The summed E-state index contributed by atoms with van der Waals surface area (Å²) in [6, 6.07) is 6.89. The van der Waals surface area contributed by atoms with Crippen LogP contribution >= 0.6 is 23.4 Å². The number of benzene rings is 1. The summed E-state index contributed by atoms with van der Waals surface area (Å²) < 4.78 is 2.02. The summed E-state index contributed by atoms with van der Waals surface area (Å²) in [4.78, 5) is 23.6. The Labute approximate surface area is 180 Å². The number of hydrogen-bond donors (Lipinski definition) is 2. The predicted octanol–water partition coefficient (Wildman–Crippen LogP) is 4.28. The van der Waals surface area contributed by atoms with Gasteiger partial charge in [-0.2, -0.15) is 0 Å². The molecular formula is C20H26ClN5O2S. The lowest BCUT2D eigenvalue weighted by Crippen LogP contribution is -2.40. The number of nitrogens with one attached hydrogen (secondary N) is 2. The molecule has 0 saturated heterocycles. The lowest BCUT2D eigenvalue weighted by atomic mass is 10.2. The third-order valence-corrected chi connectivity index (χ3v) is 5.27. The zero-order chi connectivity index (χ0) is 21.1. The number of aromatic nitrogens is 3. The van der Waals surface area contributed by atoms with Crippen LogP contribution in [0.2, 0.25) is 5.02 Å². The highest BCUT2D eigenvalue weighted by molar-refractivity contribution is 7.99. The van der Waals surface area contributed by atoms with Crippen molar-refractivity contribution in [2.24, 2.45) is 0 Å². The molecule has 1 heterocycles. The van der Waals surface area contributed by atoms with Crippen molar-refractivity contribution in [1.82, 2.24) is 25.4 Å². The zero-order valence-corrected chi connectivity index (χ0v) is 18.1. The van der Waals surface area contributed by atoms with Crippen LogP contribution in [0.3, 0.4) is 0 Å². The van der Waals surface area contributed by atoms with E-state index in [1.54, 1.807) is 0 Å². The second-order valence-electron chi connectivity index (χ2n) is 6.36. The van der Waals surface area contributed by atoms with Crippen LogP contribution in [0, 0.1) is 0 Å². The minimum Gasteiger partial charge on any atom is -0.334 e. The summed E-state index contributed by atoms with van der Waals surface area (Å²) in [5, 5.41) is 14.7. The molecular weight excluding hydrogens is 410 g/mol. The van der Waals surface area contributed by atoms with Gasteiger partial charge in [0.1, 0.15) is 0 Å². The van der Waals surface area contributed by atoms with Crippen LogP contribution in [-0.2, 0) is 11.3 Å². The van der Waals surface area contributed by atoms with E-state index in [2.05, 4.69) is 34.3 Å². The smallest absolute Gasteiger partial charge is 0.321 e. The van der Waals surface area contributed by atoms with Crippen molar-refractivity contribution in [1.29, 1.82) is 0 Å². The monoisotopic (exact) mass is 435 g/mol. The van der Waals surface area contributed by atoms with Gasteiger partial charge in [-0.1, -0.05) is 55.6 Å². The van der Waals surface area contributed by atoms with Gasteiger partial charge in [0.2, 0.25) is 5.91 Å². The van der Waals surface area contributed by atoms with Crippen LogP contribution in [0.1, 0.15) is 32.6 Å². The molecule has 2 aromatic rings. The number of imide groups is 1. The normalized spacial score (nSPS) is 10.6. The number of carbonyl (C=O) groups excluding carboxylic acids is 2. The highest BCUT2D eigenvalue weighted by atomic mass is 35.5. The maximum Gasteiger partial charge on any atom is 0.321 e. The molecule has 1 aromatic carbocycles. The molecule has 0 bridgehead atoms. The zero-order valence-electron chi connectivity index (χ0n) is 16.5. The molecule has 3 amide bonds. The topological polar surface area (TPSA) is 88.9 Å². The molecule has 29 heavy (non-hydrogen) atoms. The molecule has 1 aromatic heterocycles. The molecule has 156 valence electrons. The van der Waals surface area contributed by atoms with E-state index in [4.69, 9.17) is 11.6 Å². The Hall–Kier alpha value is -2.32. The first-order chi connectivity index (χ1) is 14.0. The molecule has 0 radical (unpaired) electrons. The Balaban J connectivity index is 2.07. The molecule has 0 fully saturated rings. The SMILES string of the molecule is C=CCNC(=O)NC(=O)CSc1nnc(-c2ccc(Cl)cc2)n1CCCCCC. The standard InChI is InChI=1S/C20H26ClN5O2S/c1-3-5-6-7-13-26-18(15-8-10-16(21)11-9-15)24-25-20(26)29-14-17(27)23-19(28)22-12-4-2/h4,8-11H,2-3,5-7,12-14H2,1H3,(H2,22,23,27,28). The van der Waals surface area contributed by atoms with Gasteiger partial charge in [0.15, 0.2) is 11.0 Å².